The van der Waals surface area contributed by atoms with E-state index in [-0.39, 0.29) is 24.7 Å². The number of amides is 1. The predicted molar refractivity (Wildman–Crippen MR) is 92.1 cm³/mol. The van der Waals surface area contributed by atoms with Crippen LogP contribution in [0.5, 0.6) is 17.2 Å². The standard InChI is InChI=1S/C19H19NO6/c1-11-4-3-5-14(17(11)21)19(23)26-12(2)18(22)20-9-13-6-7-15-16(8-13)25-10-24-15/h3-8,12,21H,9-10H2,1-2H3,(H,20,22)/t12-/m1/s1. The summed E-state index contributed by atoms with van der Waals surface area (Å²) in [5.41, 5.74) is 1.41. The molecule has 0 spiro atoms. The summed E-state index contributed by atoms with van der Waals surface area (Å²) < 4.78 is 15.7. The highest BCUT2D eigenvalue weighted by molar-refractivity contribution is 5.94. The Morgan fingerprint density at radius 1 is 1.23 bits per heavy atom. The van der Waals surface area contributed by atoms with E-state index < -0.39 is 18.0 Å². The van der Waals surface area contributed by atoms with Gasteiger partial charge in [0.25, 0.3) is 5.91 Å². The SMILES string of the molecule is Cc1cccc(C(=O)O[C@H](C)C(=O)NCc2ccc3c(c2)OCO3)c1O. The summed E-state index contributed by atoms with van der Waals surface area (Å²) in [6.07, 6.45) is -1.00. The molecule has 26 heavy (non-hydrogen) atoms. The first-order valence-corrected chi connectivity index (χ1v) is 8.11. The van der Waals surface area contributed by atoms with Crippen LogP contribution in [0, 0.1) is 6.92 Å². The van der Waals surface area contributed by atoms with Crippen LogP contribution in [0.4, 0.5) is 0 Å². The number of carbonyl (C=O) groups excluding carboxylic acids is 2. The van der Waals surface area contributed by atoms with Crippen LogP contribution in [0.15, 0.2) is 36.4 Å². The van der Waals surface area contributed by atoms with E-state index in [1.54, 1.807) is 31.2 Å². The van der Waals surface area contributed by atoms with Crippen molar-refractivity contribution in [1.82, 2.24) is 5.32 Å². The van der Waals surface area contributed by atoms with Crippen molar-refractivity contribution in [3.8, 4) is 17.2 Å². The number of phenolic OH excluding ortho intramolecular Hbond substituents is 1. The van der Waals surface area contributed by atoms with Crippen molar-refractivity contribution in [2.24, 2.45) is 0 Å². The molecular formula is C19H19NO6. The molecule has 0 aromatic heterocycles. The zero-order chi connectivity index (χ0) is 18.7. The number of aryl methyl sites for hydroxylation is 1. The molecule has 1 atom stereocenters. The molecule has 3 rings (SSSR count). The van der Waals surface area contributed by atoms with Crippen LogP contribution in [0.25, 0.3) is 0 Å². The molecular weight excluding hydrogens is 338 g/mol. The van der Waals surface area contributed by atoms with Crippen LogP contribution in [0.2, 0.25) is 0 Å². The van der Waals surface area contributed by atoms with Gasteiger partial charge in [0.15, 0.2) is 17.6 Å². The van der Waals surface area contributed by atoms with Crippen LogP contribution in [-0.4, -0.2) is 29.9 Å². The number of fused-ring (bicyclic) bond motifs is 1. The lowest BCUT2D eigenvalue weighted by Crippen LogP contribution is -2.35. The molecule has 0 bridgehead atoms. The number of hydrogen-bond acceptors (Lipinski definition) is 6. The van der Waals surface area contributed by atoms with Gasteiger partial charge in [0, 0.05) is 6.54 Å². The second-order valence-electron chi connectivity index (χ2n) is 5.92. The number of para-hydroxylation sites is 1. The molecule has 136 valence electrons. The van der Waals surface area contributed by atoms with Gasteiger partial charge in [-0.25, -0.2) is 4.79 Å². The fourth-order valence-electron chi connectivity index (χ4n) is 2.49. The molecule has 0 fully saturated rings. The van der Waals surface area contributed by atoms with Crippen LogP contribution < -0.4 is 14.8 Å². The summed E-state index contributed by atoms with van der Waals surface area (Å²) in [6.45, 7) is 3.59. The lowest BCUT2D eigenvalue weighted by Gasteiger charge is -2.14. The molecule has 0 radical (unpaired) electrons. The topological polar surface area (TPSA) is 94.1 Å². The normalized spacial score (nSPS) is 13.2. The Labute approximate surface area is 150 Å². The zero-order valence-electron chi connectivity index (χ0n) is 14.4. The zero-order valence-corrected chi connectivity index (χ0v) is 14.4. The van der Waals surface area contributed by atoms with Crippen molar-refractivity contribution in [3.63, 3.8) is 0 Å². The van der Waals surface area contributed by atoms with E-state index in [1.165, 1.54) is 13.0 Å². The molecule has 7 nitrogen and oxygen atoms in total. The minimum absolute atomic E-state index is 0.0282. The molecule has 2 N–H and O–H groups in total. The average Bonchev–Trinajstić information content (AvgIpc) is 3.09. The van der Waals surface area contributed by atoms with Crippen molar-refractivity contribution in [2.75, 3.05) is 6.79 Å². The van der Waals surface area contributed by atoms with Gasteiger partial charge in [-0.1, -0.05) is 18.2 Å². The number of benzene rings is 2. The Balaban J connectivity index is 1.56. The number of carbonyl (C=O) groups is 2. The number of rotatable bonds is 5. The van der Waals surface area contributed by atoms with Gasteiger partial charge in [-0.05, 0) is 43.2 Å². The van der Waals surface area contributed by atoms with Crippen LogP contribution in [0.1, 0.15) is 28.4 Å². The third kappa shape index (κ3) is 3.72. The average molecular weight is 357 g/mol. The highest BCUT2D eigenvalue weighted by Gasteiger charge is 2.21. The summed E-state index contributed by atoms with van der Waals surface area (Å²) in [4.78, 5) is 24.3. The van der Waals surface area contributed by atoms with Crippen molar-refractivity contribution < 1.29 is 28.9 Å². The molecule has 0 unspecified atom stereocenters. The Hall–Kier alpha value is -3.22. The fourth-order valence-corrected chi connectivity index (χ4v) is 2.49. The predicted octanol–water partition coefficient (Wildman–Crippen LogP) is 2.29. The van der Waals surface area contributed by atoms with E-state index in [2.05, 4.69) is 5.32 Å². The van der Waals surface area contributed by atoms with Crippen LogP contribution in [0.3, 0.4) is 0 Å². The van der Waals surface area contributed by atoms with Gasteiger partial charge in [0.05, 0.1) is 0 Å². The third-order valence-corrected chi connectivity index (χ3v) is 4.01. The van der Waals surface area contributed by atoms with Gasteiger partial charge >= 0.3 is 5.97 Å². The molecule has 2 aromatic carbocycles. The highest BCUT2D eigenvalue weighted by Crippen LogP contribution is 2.32. The Bertz CT molecular complexity index is 848. The number of phenols is 1. The molecule has 2 aromatic rings. The smallest absolute Gasteiger partial charge is 0.342 e. The Morgan fingerprint density at radius 3 is 2.81 bits per heavy atom. The summed E-state index contributed by atoms with van der Waals surface area (Å²) in [5.74, 6) is -0.0444. The van der Waals surface area contributed by atoms with Gasteiger partial charge in [-0.2, -0.15) is 0 Å². The molecule has 7 heteroatoms. The lowest BCUT2D eigenvalue weighted by molar-refractivity contribution is -0.129. The molecule has 0 saturated carbocycles. The van der Waals surface area contributed by atoms with Gasteiger partial charge in [-0.3, -0.25) is 4.79 Å². The van der Waals surface area contributed by atoms with Crippen molar-refractivity contribution in [1.29, 1.82) is 0 Å². The third-order valence-electron chi connectivity index (χ3n) is 4.01. The minimum atomic E-state index is -1.00. The van der Waals surface area contributed by atoms with Gasteiger partial charge in [-0.15, -0.1) is 0 Å². The maximum atomic E-state index is 12.2. The quantitative estimate of drug-likeness (QED) is 0.798. The van der Waals surface area contributed by atoms with Crippen LogP contribution in [-0.2, 0) is 16.1 Å². The first-order chi connectivity index (χ1) is 12.5. The molecule has 1 amide bonds. The number of hydrogen-bond donors (Lipinski definition) is 2. The largest absolute Gasteiger partial charge is 0.507 e. The maximum Gasteiger partial charge on any atom is 0.342 e. The van der Waals surface area contributed by atoms with Crippen molar-refractivity contribution >= 4 is 11.9 Å². The maximum absolute atomic E-state index is 12.2. The van der Waals surface area contributed by atoms with E-state index >= 15 is 0 Å². The van der Waals surface area contributed by atoms with Gasteiger partial charge < -0.3 is 24.6 Å². The molecule has 1 aliphatic rings. The van der Waals surface area contributed by atoms with E-state index in [4.69, 9.17) is 14.2 Å². The number of ether oxygens (including phenoxy) is 3. The molecule has 1 aliphatic heterocycles. The van der Waals surface area contributed by atoms with Gasteiger partial charge in [0.2, 0.25) is 6.79 Å². The Kier molecular flexibility index (Phi) is 4.97. The summed E-state index contributed by atoms with van der Waals surface area (Å²) in [5, 5.41) is 12.6. The van der Waals surface area contributed by atoms with Crippen LogP contribution >= 0.6 is 0 Å². The molecule has 1 heterocycles. The summed E-state index contributed by atoms with van der Waals surface area (Å²) in [7, 11) is 0. The fraction of sp³-hybridized carbons (Fsp3) is 0.263. The van der Waals surface area contributed by atoms with Crippen molar-refractivity contribution in [2.45, 2.75) is 26.5 Å². The van der Waals surface area contributed by atoms with E-state index in [0.29, 0.717) is 17.1 Å². The van der Waals surface area contributed by atoms with Crippen molar-refractivity contribution in [3.05, 3.63) is 53.1 Å². The number of aromatic hydroxyl groups is 1. The minimum Gasteiger partial charge on any atom is -0.507 e. The van der Waals surface area contributed by atoms with Gasteiger partial charge in [0.1, 0.15) is 11.3 Å². The number of esters is 1. The first kappa shape index (κ1) is 17.6. The van der Waals surface area contributed by atoms with E-state index in [1.807, 2.05) is 6.07 Å². The molecule has 0 saturated heterocycles. The summed E-state index contributed by atoms with van der Waals surface area (Å²) in [6, 6.07) is 10.1. The second kappa shape index (κ2) is 7.35. The second-order valence-corrected chi connectivity index (χ2v) is 5.92. The monoisotopic (exact) mass is 357 g/mol. The first-order valence-electron chi connectivity index (χ1n) is 8.11. The molecule has 0 aliphatic carbocycles. The number of nitrogens with one attached hydrogen (secondary N) is 1. The Morgan fingerprint density at radius 2 is 2.00 bits per heavy atom. The highest BCUT2D eigenvalue weighted by atomic mass is 16.7. The summed E-state index contributed by atoms with van der Waals surface area (Å²) >= 11 is 0. The van der Waals surface area contributed by atoms with E-state index in [9.17, 15) is 14.7 Å². The lowest BCUT2D eigenvalue weighted by atomic mass is 10.1. The van der Waals surface area contributed by atoms with E-state index in [0.717, 1.165) is 5.56 Å².